The number of aromatic hydroxyl groups is 1. The molecule has 7 nitrogen and oxygen atoms in total. The van der Waals surface area contributed by atoms with Crippen LogP contribution in [-0.4, -0.2) is 22.2 Å². The highest BCUT2D eigenvalue weighted by Crippen LogP contribution is 2.40. The van der Waals surface area contributed by atoms with Crippen molar-refractivity contribution in [1.29, 1.82) is 0 Å². The summed E-state index contributed by atoms with van der Waals surface area (Å²) in [4.78, 5) is 7.67. The summed E-state index contributed by atoms with van der Waals surface area (Å²) in [7, 11) is 1.49. The number of nitrogens with two attached hydrogens (primary N) is 2. The molecule has 1 aromatic carbocycles. The first kappa shape index (κ1) is 14.7. The molecule has 5 N–H and O–H groups in total. The summed E-state index contributed by atoms with van der Waals surface area (Å²) in [6.45, 7) is 4.00. The molecule has 2 rings (SSSR count). The number of benzene rings is 1. The maximum absolute atomic E-state index is 9.90. The van der Waals surface area contributed by atoms with Gasteiger partial charge in [0.2, 0.25) is 5.95 Å². The Hall–Kier alpha value is -2.70. The number of phenols is 1. The number of phenolic OH excluding ortho intramolecular Hbond substituents is 1. The zero-order valence-corrected chi connectivity index (χ0v) is 12.1. The van der Waals surface area contributed by atoms with Gasteiger partial charge in [-0.1, -0.05) is 13.8 Å². The predicted molar refractivity (Wildman–Crippen MR) is 79.7 cm³/mol. The van der Waals surface area contributed by atoms with E-state index in [9.17, 15) is 5.11 Å². The molecule has 0 radical (unpaired) electrons. The van der Waals surface area contributed by atoms with Crippen molar-refractivity contribution in [2.45, 2.75) is 19.8 Å². The molecule has 1 aromatic heterocycles. The third kappa shape index (κ3) is 3.07. The summed E-state index contributed by atoms with van der Waals surface area (Å²) in [5.41, 5.74) is 12.1. The number of rotatable bonds is 4. The SMILES string of the molecule is COc1cc(C(C)C)c(Oc2cnc(N)nc2N)cc1O. The van der Waals surface area contributed by atoms with Crippen molar-refractivity contribution in [2.24, 2.45) is 0 Å². The number of hydrogen-bond donors (Lipinski definition) is 3. The maximum Gasteiger partial charge on any atom is 0.222 e. The van der Waals surface area contributed by atoms with Crippen molar-refractivity contribution < 1.29 is 14.6 Å². The van der Waals surface area contributed by atoms with E-state index >= 15 is 0 Å². The van der Waals surface area contributed by atoms with E-state index in [1.165, 1.54) is 19.4 Å². The van der Waals surface area contributed by atoms with Gasteiger partial charge >= 0.3 is 0 Å². The van der Waals surface area contributed by atoms with Crippen LogP contribution in [0.25, 0.3) is 0 Å². The molecule has 1 heterocycles. The van der Waals surface area contributed by atoms with Crippen LogP contribution in [0.15, 0.2) is 18.3 Å². The molecular formula is C14H18N4O3. The first-order valence-corrected chi connectivity index (χ1v) is 6.39. The van der Waals surface area contributed by atoms with E-state index in [0.29, 0.717) is 11.5 Å². The van der Waals surface area contributed by atoms with Gasteiger partial charge in [-0.05, 0) is 12.0 Å². The number of ether oxygens (including phenoxy) is 2. The summed E-state index contributed by atoms with van der Waals surface area (Å²) < 4.78 is 10.8. The second kappa shape index (κ2) is 5.74. The van der Waals surface area contributed by atoms with Crippen molar-refractivity contribution in [2.75, 3.05) is 18.6 Å². The lowest BCUT2D eigenvalue weighted by atomic mass is 10.0. The number of anilines is 2. The van der Waals surface area contributed by atoms with Crippen molar-refractivity contribution in [3.63, 3.8) is 0 Å². The Balaban J connectivity index is 2.45. The zero-order valence-electron chi connectivity index (χ0n) is 12.1. The molecular weight excluding hydrogens is 272 g/mol. The van der Waals surface area contributed by atoms with Crippen molar-refractivity contribution >= 4 is 11.8 Å². The molecule has 0 aliphatic rings. The van der Waals surface area contributed by atoms with Crippen LogP contribution in [0.5, 0.6) is 23.0 Å². The minimum Gasteiger partial charge on any atom is -0.504 e. The fourth-order valence-corrected chi connectivity index (χ4v) is 1.86. The van der Waals surface area contributed by atoms with Crippen molar-refractivity contribution in [3.05, 3.63) is 23.9 Å². The van der Waals surface area contributed by atoms with E-state index in [1.807, 2.05) is 13.8 Å². The van der Waals surface area contributed by atoms with Crippen LogP contribution in [0.4, 0.5) is 11.8 Å². The molecule has 0 amide bonds. The Morgan fingerprint density at radius 2 is 1.86 bits per heavy atom. The molecule has 0 spiro atoms. The fraction of sp³-hybridized carbons (Fsp3) is 0.286. The number of methoxy groups -OCH3 is 1. The second-order valence-electron chi connectivity index (χ2n) is 4.80. The smallest absolute Gasteiger partial charge is 0.222 e. The lowest BCUT2D eigenvalue weighted by Crippen LogP contribution is -2.02. The average Bonchev–Trinajstić information content (AvgIpc) is 2.41. The largest absolute Gasteiger partial charge is 0.504 e. The number of hydrogen-bond acceptors (Lipinski definition) is 7. The van der Waals surface area contributed by atoms with Crippen molar-refractivity contribution in [3.8, 4) is 23.0 Å². The summed E-state index contributed by atoms with van der Waals surface area (Å²) in [6, 6.07) is 3.20. The highest BCUT2D eigenvalue weighted by atomic mass is 16.5. The Bertz CT molecular complexity index is 659. The van der Waals surface area contributed by atoms with E-state index < -0.39 is 0 Å². The molecule has 0 aliphatic carbocycles. The molecule has 0 atom stereocenters. The summed E-state index contributed by atoms with van der Waals surface area (Å²) in [5, 5.41) is 9.90. The predicted octanol–water partition coefficient (Wildman–Crippen LogP) is 2.27. The molecule has 2 aromatic rings. The van der Waals surface area contributed by atoms with Gasteiger partial charge < -0.3 is 26.0 Å². The lowest BCUT2D eigenvalue weighted by molar-refractivity contribution is 0.368. The van der Waals surface area contributed by atoms with E-state index in [2.05, 4.69) is 9.97 Å². The van der Waals surface area contributed by atoms with Crippen LogP contribution in [0.3, 0.4) is 0 Å². The summed E-state index contributed by atoms with van der Waals surface area (Å²) in [6.07, 6.45) is 1.39. The molecule has 0 bridgehead atoms. The molecule has 0 saturated carbocycles. The van der Waals surface area contributed by atoms with E-state index in [-0.39, 0.29) is 29.2 Å². The van der Waals surface area contributed by atoms with E-state index in [0.717, 1.165) is 5.56 Å². The monoisotopic (exact) mass is 290 g/mol. The Kier molecular flexibility index (Phi) is 4.02. The Morgan fingerprint density at radius 3 is 2.43 bits per heavy atom. The second-order valence-corrected chi connectivity index (χ2v) is 4.80. The Labute approximate surface area is 122 Å². The lowest BCUT2D eigenvalue weighted by Gasteiger charge is -2.16. The van der Waals surface area contributed by atoms with Crippen LogP contribution in [0, 0.1) is 0 Å². The summed E-state index contributed by atoms with van der Waals surface area (Å²) >= 11 is 0. The first-order valence-electron chi connectivity index (χ1n) is 6.39. The van der Waals surface area contributed by atoms with Gasteiger partial charge in [0.25, 0.3) is 0 Å². The van der Waals surface area contributed by atoms with Gasteiger partial charge in [0.1, 0.15) is 5.75 Å². The average molecular weight is 290 g/mol. The topological polar surface area (TPSA) is 117 Å². The number of nitrogen functional groups attached to an aromatic ring is 2. The van der Waals surface area contributed by atoms with Crippen LogP contribution in [0.2, 0.25) is 0 Å². The Morgan fingerprint density at radius 1 is 1.14 bits per heavy atom. The van der Waals surface area contributed by atoms with Gasteiger partial charge in [0, 0.05) is 11.6 Å². The molecule has 7 heteroatoms. The zero-order chi connectivity index (χ0) is 15.6. The van der Waals surface area contributed by atoms with E-state index in [4.69, 9.17) is 20.9 Å². The summed E-state index contributed by atoms with van der Waals surface area (Å²) in [5.74, 6) is 1.46. The van der Waals surface area contributed by atoms with Crippen LogP contribution < -0.4 is 20.9 Å². The highest BCUT2D eigenvalue weighted by molar-refractivity contribution is 5.55. The first-order chi connectivity index (χ1) is 9.92. The quantitative estimate of drug-likeness (QED) is 0.790. The third-order valence-electron chi connectivity index (χ3n) is 2.95. The fourth-order valence-electron chi connectivity index (χ4n) is 1.86. The minimum absolute atomic E-state index is 0.0214. The number of nitrogens with zero attached hydrogens (tertiary/aromatic N) is 2. The molecule has 112 valence electrons. The third-order valence-corrected chi connectivity index (χ3v) is 2.95. The minimum atomic E-state index is -0.0214. The van der Waals surface area contributed by atoms with Gasteiger partial charge in [-0.2, -0.15) is 4.98 Å². The van der Waals surface area contributed by atoms with Crippen LogP contribution in [-0.2, 0) is 0 Å². The standard InChI is InChI=1S/C14H18N4O3/c1-7(2)8-4-11(20-3)9(19)5-10(8)21-12-6-17-14(16)18-13(12)15/h4-7,19H,1-3H3,(H4,15,16,17,18). The van der Waals surface area contributed by atoms with Crippen molar-refractivity contribution in [1.82, 2.24) is 9.97 Å². The number of aromatic nitrogens is 2. The van der Waals surface area contributed by atoms with Crippen LogP contribution >= 0.6 is 0 Å². The van der Waals surface area contributed by atoms with Gasteiger partial charge in [-0.25, -0.2) is 4.98 Å². The van der Waals surface area contributed by atoms with Gasteiger partial charge in [-0.15, -0.1) is 0 Å². The maximum atomic E-state index is 9.90. The van der Waals surface area contributed by atoms with E-state index in [1.54, 1.807) is 6.07 Å². The molecule has 0 aliphatic heterocycles. The normalized spacial score (nSPS) is 10.7. The van der Waals surface area contributed by atoms with Gasteiger partial charge in [0.05, 0.1) is 13.3 Å². The van der Waals surface area contributed by atoms with Crippen LogP contribution in [0.1, 0.15) is 25.3 Å². The highest BCUT2D eigenvalue weighted by Gasteiger charge is 2.16. The molecule has 0 unspecified atom stereocenters. The van der Waals surface area contributed by atoms with Gasteiger partial charge in [0.15, 0.2) is 23.1 Å². The molecule has 21 heavy (non-hydrogen) atoms. The molecule has 0 saturated heterocycles. The molecule has 0 fully saturated rings. The van der Waals surface area contributed by atoms with Gasteiger partial charge in [-0.3, -0.25) is 0 Å².